The first-order valence-electron chi connectivity index (χ1n) is 10.0. The molecule has 1 heterocycles. The van der Waals surface area contributed by atoms with Crippen LogP contribution in [0.3, 0.4) is 0 Å². The van der Waals surface area contributed by atoms with Crippen molar-refractivity contribution in [3.05, 3.63) is 65.4 Å². The average molecular weight is 346 g/mol. The van der Waals surface area contributed by atoms with E-state index >= 15 is 0 Å². The number of rotatable bonds is 3. The Kier molecular flexibility index (Phi) is 5.18. The normalized spacial score (nSPS) is 21.2. The van der Waals surface area contributed by atoms with Gasteiger partial charge in [-0.1, -0.05) is 70.5 Å². The molecule has 136 valence electrons. The lowest BCUT2D eigenvalue weighted by Gasteiger charge is -2.19. The van der Waals surface area contributed by atoms with E-state index in [9.17, 15) is 0 Å². The summed E-state index contributed by atoms with van der Waals surface area (Å²) in [6.45, 7) is 13.0. The summed E-state index contributed by atoms with van der Waals surface area (Å²) in [5, 5.41) is 2.63. The summed E-state index contributed by atoms with van der Waals surface area (Å²) in [6, 6.07) is 15.6. The Bertz CT molecular complexity index is 925. The summed E-state index contributed by atoms with van der Waals surface area (Å²) < 4.78 is 0. The molecule has 0 spiro atoms. The average Bonchev–Trinajstić information content (AvgIpc) is 3.36. The van der Waals surface area contributed by atoms with E-state index in [2.05, 4.69) is 70.2 Å². The van der Waals surface area contributed by atoms with Crippen molar-refractivity contribution in [2.24, 2.45) is 5.92 Å². The van der Waals surface area contributed by atoms with Crippen molar-refractivity contribution >= 4 is 10.8 Å². The van der Waals surface area contributed by atoms with Crippen LogP contribution in [-0.4, -0.2) is 4.98 Å². The molecule has 2 aromatic carbocycles. The van der Waals surface area contributed by atoms with E-state index in [0.29, 0.717) is 5.41 Å². The molecule has 2 unspecified atom stereocenters. The number of pyridine rings is 1. The van der Waals surface area contributed by atoms with Gasteiger partial charge in [-0.3, -0.25) is 4.98 Å². The third kappa shape index (κ3) is 3.05. The zero-order valence-corrected chi connectivity index (χ0v) is 17.1. The molecule has 0 saturated heterocycles. The second-order valence-electron chi connectivity index (χ2n) is 7.59. The van der Waals surface area contributed by atoms with Gasteiger partial charge in [-0.25, -0.2) is 0 Å². The van der Waals surface area contributed by atoms with Gasteiger partial charge in [0, 0.05) is 11.8 Å². The van der Waals surface area contributed by atoms with E-state index < -0.39 is 0 Å². The molecule has 1 saturated carbocycles. The highest BCUT2D eigenvalue weighted by Crippen LogP contribution is 2.58. The van der Waals surface area contributed by atoms with E-state index in [4.69, 9.17) is 4.98 Å². The maximum absolute atomic E-state index is 4.81. The number of fused-ring (bicyclic) bond motifs is 1. The van der Waals surface area contributed by atoms with Gasteiger partial charge in [0.25, 0.3) is 0 Å². The lowest BCUT2D eigenvalue weighted by atomic mass is 9.85. The highest BCUT2D eigenvalue weighted by Gasteiger charge is 2.51. The van der Waals surface area contributed by atoms with Crippen molar-refractivity contribution < 1.29 is 0 Å². The van der Waals surface area contributed by atoms with Crippen LogP contribution in [0.2, 0.25) is 0 Å². The van der Waals surface area contributed by atoms with Crippen LogP contribution >= 0.6 is 0 Å². The van der Waals surface area contributed by atoms with Gasteiger partial charge in [0.05, 0.1) is 5.69 Å². The van der Waals surface area contributed by atoms with Crippen LogP contribution in [0.4, 0.5) is 0 Å². The van der Waals surface area contributed by atoms with Crippen molar-refractivity contribution in [2.45, 2.75) is 59.8 Å². The minimum atomic E-state index is 0.300. The SMILES string of the molecule is CC.CCC1CC1(C)c1ccc2ccccc2c1-c1cc(C)c(C)cn1. The van der Waals surface area contributed by atoms with Crippen molar-refractivity contribution in [3.63, 3.8) is 0 Å². The lowest BCUT2D eigenvalue weighted by molar-refractivity contribution is 0.644. The van der Waals surface area contributed by atoms with Gasteiger partial charge in [-0.15, -0.1) is 0 Å². The van der Waals surface area contributed by atoms with Crippen LogP contribution in [0, 0.1) is 19.8 Å². The van der Waals surface area contributed by atoms with Crippen molar-refractivity contribution in [1.82, 2.24) is 4.98 Å². The van der Waals surface area contributed by atoms with Crippen molar-refractivity contribution in [1.29, 1.82) is 0 Å². The number of aromatic nitrogens is 1. The van der Waals surface area contributed by atoms with Crippen molar-refractivity contribution in [2.75, 3.05) is 0 Å². The Morgan fingerprint density at radius 2 is 1.77 bits per heavy atom. The number of hydrogen-bond donors (Lipinski definition) is 0. The molecule has 0 N–H and O–H groups in total. The molecular weight excluding hydrogens is 314 g/mol. The molecule has 2 atom stereocenters. The molecule has 3 aromatic rings. The predicted molar refractivity (Wildman–Crippen MR) is 114 cm³/mol. The topological polar surface area (TPSA) is 12.9 Å². The van der Waals surface area contributed by atoms with E-state index in [-0.39, 0.29) is 0 Å². The van der Waals surface area contributed by atoms with Crippen LogP contribution in [0.5, 0.6) is 0 Å². The summed E-state index contributed by atoms with van der Waals surface area (Å²) in [4.78, 5) is 4.81. The number of aryl methyl sites for hydroxylation is 2. The summed E-state index contributed by atoms with van der Waals surface area (Å²) in [6.07, 6.45) is 4.56. The molecule has 1 heteroatoms. The summed E-state index contributed by atoms with van der Waals surface area (Å²) >= 11 is 0. The Labute approximate surface area is 158 Å². The van der Waals surface area contributed by atoms with Gasteiger partial charge < -0.3 is 0 Å². The number of benzene rings is 2. The molecule has 0 bridgehead atoms. The molecule has 1 nitrogen and oxygen atoms in total. The summed E-state index contributed by atoms with van der Waals surface area (Å²) in [7, 11) is 0. The molecule has 1 aromatic heterocycles. The van der Waals surface area contributed by atoms with Gasteiger partial charge in [0.2, 0.25) is 0 Å². The third-order valence-corrected chi connectivity index (χ3v) is 6.08. The Balaban J connectivity index is 0.000000948. The largest absolute Gasteiger partial charge is 0.256 e. The van der Waals surface area contributed by atoms with Crippen LogP contribution < -0.4 is 0 Å². The molecule has 0 aliphatic heterocycles. The minimum Gasteiger partial charge on any atom is -0.256 e. The molecule has 1 aliphatic rings. The number of nitrogens with zero attached hydrogens (tertiary/aromatic N) is 1. The van der Waals surface area contributed by atoms with E-state index in [1.165, 1.54) is 45.9 Å². The van der Waals surface area contributed by atoms with Crippen LogP contribution in [0.1, 0.15) is 57.2 Å². The molecule has 26 heavy (non-hydrogen) atoms. The maximum Gasteiger partial charge on any atom is 0.0714 e. The first-order valence-corrected chi connectivity index (χ1v) is 10.0. The van der Waals surface area contributed by atoms with E-state index in [0.717, 1.165) is 11.6 Å². The third-order valence-electron chi connectivity index (χ3n) is 6.08. The van der Waals surface area contributed by atoms with Gasteiger partial charge in [0.1, 0.15) is 0 Å². The zero-order valence-electron chi connectivity index (χ0n) is 17.1. The summed E-state index contributed by atoms with van der Waals surface area (Å²) in [5.41, 5.74) is 6.80. The van der Waals surface area contributed by atoms with E-state index in [1.54, 1.807) is 0 Å². The highest BCUT2D eigenvalue weighted by atomic mass is 14.7. The zero-order chi connectivity index (χ0) is 18.9. The van der Waals surface area contributed by atoms with Gasteiger partial charge in [0.15, 0.2) is 0 Å². The Morgan fingerprint density at radius 1 is 1.04 bits per heavy atom. The molecule has 1 fully saturated rings. The molecule has 1 aliphatic carbocycles. The standard InChI is InChI=1S/C23H25N.C2H6/c1-5-18-13-23(18,4)20-11-10-17-8-6-7-9-19(17)22(20)21-12-15(2)16(3)14-24-21;1-2/h6-12,14,18H,5,13H2,1-4H3;1-2H3. The van der Waals surface area contributed by atoms with Crippen LogP contribution in [-0.2, 0) is 5.41 Å². The summed E-state index contributed by atoms with van der Waals surface area (Å²) in [5.74, 6) is 0.795. The molecule has 0 radical (unpaired) electrons. The minimum absolute atomic E-state index is 0.300. The first-order chi connectivity index (χ1) is 12.5. The first kappa shape index (κ1) is 18.6. The number of hydrogen-bond acceptors (Lipinski definition) is 1. The Hall–Kier alpha value is -2.15. The van der Waals surface area contributed by atoms with Crippen molar-refractivity contribution in [3.8, 4) is 11.3 Å². The van der Waals surface area contributed by atoms with Crippen LogP contribution in [0.25, 0.3) is 22.0 Å². The fourth-order valence-corrected chi connectivity index (χ4v) is 4.16. The quantitative estimate of drug-likeness (QED) is 0.488. The van der Waals surface area contributed by atoms with Gasteiger partial charge in [-0.05, 0) is 65.1 Å². The van der Waals surface area contributed by atoms with Gasteiger partial charge >= 0.3 is 0 Å². The van der Waals surface area contributed by atoms with Crippen LogP contribution in [0.15, 0.2) is 48.7 Å². The molecule has 4 rings (SSSR count). The Morgan fingerprint density at radius 3 is 2.42 bits per heavy atom. The lowest BCUT2D eigenvalue weighted by Crippen LogP contribution is -2.07. The second-order valence-corrected chi connectivity index (χ2v) is 7.59. The fourth-order valence-electron chi connectivity index (χ4n) is 4.16. The smallest absolute Gasteiger partial charge is 0.0714 e. The van der Waals surface area contributed by atoms with E-state index in [1.807, 2.05) is 20.0 Å². The monoisotopic (exact) mass is 345 g/mol. The van der Waals surface area contributed by atoms with Gasteiger partial charge in [-0.2, -0.15) is 0 Å². The highest BCUT2D eigenvalue weighted by molar-refractivity contribution is 5.98. The second kappa shape index (κ2) is 7.23. The predicted octanol–water partition coefficient (Wildman–Crippen LogP) is 7.23. The molecular formula is C25H31N. The maximum atomic E-state index is 4.81. The molecule has 0 amide bonds. The fraction of sp³-hybridized carbons (Fsp3) is 0.400.